The SMILES string of the molecule is CC1(C)C2CCC1(CS(=O)(=O)OS(C)(C)Cc1ccccc1C(=O)c1ccccc1)C(=O)C2. The number of benzene rings is 2. The highest BCUT2D eigenvalue weighted by molar-refractivity contribution is 8.31. The molecule has 0 saturated heterocycles. The Morgan fingerprint density at radius 3 is 2.27 bits per heavy atom. The number of hydrogen-bond donors (Lipinski definition) is 0. The van der Waals surface area contributed by atoms with Gasteiger partial charge in [0.05, 0.1) is 11.2 Å². The zero-order valence-electron chi connectivity index (χ0n) is 19.7. The molecule has 0 aliphatic heterocycles. The molecule has 2 fully saturated rings. The largest absolute Gasteiger partial charge is 0.299 e. The summed E-state index contributed by atoms with van der Waals surface area (Å²) >= 11 is 0. The van der Waals surface area contributed by atoms with Crippen LogP contribution in [0.25, 0.3) is 0 Å². The number of Topliss-reactive ketones (excluding diaryl/α,β-unsaturated/α-hetero) is 1. The second-order valence-electron chi connectivity index (χ2n) is 10.4. The van der Waals surface area contributed by atoms with Crippen molar-refractivity contribution in [3.63, 3.8) is 0 Å². The zero-order chi connectivity index (χ0) is 24.1. The fraction of sp³-hybridized carbons (Fsp3) is 0.462. The standard InChI is InChI=1S/C26H32O5S2/c1-25(2)21-14-15-26(25,23(27)16-21)18-33(29,30)31-32(3,4)17-20-12-8-9-13-22(20)24(28)19-10-6-5-7-11-19/h5-13,21H,14-18H2,1-4H3. The van der Waals surface area contributed by atoms with E-state index < -0.39 is 25.8 Å². The fourth-order valence-corrected chi connectivity index (χ4v) is 10.6. The summed E-state index contributed by atoms with van der Waals surface area (Å²) in [5.41, 5.74) is 0.706. The normalized spacial score (nSPS) is 24.7. The summed E-state index contributed by atoms with van der Waals surface area (Å²) in [6.07, 6.45) is 5.56. The predicted molar refractivity (Wildman–Crippen MR) is 133 cm³/mol. The first-order valence-electron chi connectivity index (χ1n) is 11.2. The molecule has 33 heavy (non-hydrogen) atoms. The van der Waals surface area contributed by atoms with E-state index in [0.717, 1.165) is 12.0 Å². The summed E-state index contributed by atoms with van der Waals surface area (Å²) in [6, 6.07) is 16.3. The molecule has 5 nitrogen and oxygen atoms in total. The van der Waals surface area contributed by atoms with Gasteiger partial charge in [0.1, 0.15) is 5.78 Å². The van der Waals surface area contributed by atoms with E-state index in [9.17, 15) is 18.0 Å². The molecule has 2 aromatic rings. The molecule has 0 spiro atoms. The lowest BCUT2D eigenvalue weighted by molar-refractivity contribution is -0.128. The molecule has 2 aromatic carbocycles. The summed E-state index contributed by atoms with van der Waals surface area (Å²) in [5.74, 6) is 0.273. The van der Waals surface area contributed by atoms with Crippen LogP contribution in [-0.4, -0.2) is 38.2 Å². The molecule has 2 aliphatic rings. The molecule has 2 aliphatic carbocycles. The maximum atomic E-state index is 13.2. The lowest BCUT2D eigenvalue weighted by Crippen LogP contribution is -2.42. The molecule has 0 heterocycles. The lowest BCUT2D eigenvalue weighted by atomic mass is 9.70. The molecule has 2 atom stereocenters. The number of hydrogen-bond acceptors (Lipinski definition) is 5. The number of rotatable bonds is 8. The molecular formula is C26H32O5S2. The van der Waals surface area contributed by atoms with Gasteiger partial charge in [-0.25, -0.2) is 3.63 Å². The average molecular weight is 489 g/mol. The predicted octanol–water partition coefficient (Wildman–Crippen LogP) is 5.14. The Morgan fingerprint density at radius 1 is 1.03 bits per heavy atom. The van der Waals surface area contributed by atoms with E-state index in [1.165, 1.54) is 0 Å². The molecule has 0 N–H and O–H groups in total. The number of carbonyl (C=O) groups is 2. The van der Waals surface area contributed by atoms with E-state index in [1.54, 1.807) is 30.7 Å². The van der Waals surface area contributed by atoms with Crippen LogP contribution in [0, 0.1) is 16.7 Å². The molecule has 4 rings (SSSR count). The Balaban J connectivity index is 1.55. The summed E-state index contributed by atoms with van der Waals surface area (Å²) in [4.78, 5) is 25.9. The van der Waals surface area contributed by atoms with E-state index >= 15 is 0 Å². The van der Waals surface area contributed by atoms with Crippen molar-refractivity contribution >= 4 is 32.0 Å². The van der Waals surface area contributed by atoms with Crippen molar-refractivity contribution in [3.05, 3.63) is 71.3 Å². The maximum absolute atomic E-state index is 13.2. The third-order valence-electron chi connectivity index (χ3n) is 7.65. The van der Waals surface area contributed by atoms with Crippen molar-refractivity contribution < 1.29 is 21.6 Å². The van der Waals surface area contributed by atoms with Crippen LogP contribution in [0.15, 0.2) is 54.6 Å². The van der Waals surface area contributed by atoms with E-state index in [4.69, 9.17) is 3.63 Å². The fourth-order valence-electron chi connectivity index (χ4n) is 5.73. The van der Waals surface area contributed by atoms with Crippen LogP contribution in [0.3, 0.4) is 0 Å². The number of carbonyl (C=O) groups excluding carboxylic acids is 2. The molecule has 7 heteroatoms. The summed E-state index contributed by atoms with van der Waals surface area (Å²) in [5, 5.41) is 0. The van der Waals surface area contributed by atoms with Gasteiger partial charge in [0.2, 0.25) is 0 Å². The first-order valence-corrected chi connectivity index (χ1v) is 15.3. The molecule has 0 radical (unpaired) electrons. The van der Waals surface area contributed by atoms with E-state index in [2.05, 4.69) is 0 Å². The van der Waals surface area contributed by atoms with Crippen LogP contribution in [0.4, 0.5) is 0 Å². The van der Waals surface area contributed by atoms with E-state index in [1.807, 2.05) is 50.2 Å². The smallest absolute Gasteiger partial charge is 0.277 e. The Morgan fingerprint density at radius 2 is 1.67 bits per heavy atom. The average Bonchev–Trinajstić information content (AvgIpc) is 3.07. The lowest BCUT2D eigenvalue weighted by Gasteiger charge is -2.38. The van der Waals surface area contributed by atoms with Gasteiger partial charge in [0, 0.05) is 23.3 Å². The minimum atomic E-state index is -3.94. The quantitative estimate of drug-likeness (QED) is 0.481. The Bertz CT molecular complexity index is 1180. The van der Waals surface area contributed by atoms with Crippen LogP contribution >= 0.6 is 10.3 Å². The summed E-state index contributed by atoms with van der Waals surface area (Å²) in [7, 11) is -6.04. The van der Waals surface area contributed by atoms with Gasteiger partial charge in [-0.05, 0) is 42.2 Å². The summed E-state index contributed by atoms with van der Waals surface area (Å²) < 4.78 is 32.3. The van der Waals surface area contributed by atoms with Gasteiger partial charge in [0.25, 0.3) is 10.1 Å². The van der Waals surface area contributed by atoms with Crippen molar-refractivity contribution in [3.8, 4) is 0 Å². The van der Waals surface area contributed by atoms with Gasteiger partial charge in [0.15, 0.2) is 5.78 Å². The highest BCUT2D eigenvalue weighted by Crippen LogP contribution is 2.64. The van der Waals surface area contributed by atoms with Crippen molar-refractivity contribution in [1.29, 1.82) is 0 Å². The van der Waals surface area contributed by atoms with Gasteiger partial charge in [-0.2, -0.15) is 8.42 Å². The van der Waals surface area contributed by atoms with Gasteiger partial charge in [-0.15, -0.1) is 10.3 Å². The molecule has 2 bridgehead atoms. The number of ketones is 2. The van der Waals surface area contributed by atoms with Gasteiger partial charge < -0.3 is 0 Å². The summed E-state index contributed by atoms with van der Waals surface area (Å²) in [6.45, 7) is 4.04. The minimum absolute atomic E-state index is 0.0579. The van der Waals surface area contributed by atoms with Crippen LogP contribution < -0.4 is 0 Å². The third-order valence-corrected chi connectivity index (χ3v) is 11.8. The Labute approximate surface area is 198 Å². The first-order chi connectivity index (χ1) is 15.4. The van der Waals surface area contributed by atoms with Crippen LogP contribution in [-0.2, 0) is 24.3 Å². The molecule has 2 unspecified atom stereocenters. The second-order valence-corrected chi connectivity index (χ2v) is 15.5. The van der Waals surface area contributed by atoms with E-state index in [-0.39, 0.29) is 28.7 Å². The van der Waals surface area contributed by atoms with Crippen molar-refractivity contribution in [2.75, 3.05) is 18.3 Å². The van der Waals surface area contributed by atoms with E-state index in [0.29, 0.717) is 29.7 Å². The maximum Gasteiger partial charge on any atom is 0.277 e. The Hall–Kier alpha value is -1.96. The van der Waals surface area contributed by atoms with Gasteiger partial charge >= 0.3 is 0 Å². The number of fused-ring (bicyclic) bond motifs is 2. The third kappa shape index (κ3) is 4.43. The van der Waals surface area contributed by atoms with Crippen LogP contribution in [0.1, 0.15) is 54.6 Å². The molecule has 0 aromatic heterocycles. The van der Waals surface area contributed by atoms with Crippen LogP contribution in [0.5, 0.6) is 0 Å². The second kappa shape index (κ2) is 8.36. The highest BCUT2D eigenvalue weighted by Gasteiger charge is 2.65. The van der Waals surface area contributed by atoms with Crippen molar-refractivity contribution in [1.82, 2.24) is 0 Å². The topological polar surface area (TPSA) is 77.5 Å². The minimum Gasteiger partial charge on any atom is -0.299 e. The molecule has 2 saturated carbocycles. The van der Waals surface area contributed by atoms with Crippen LogP contribution in [0.2, 0.25) is 0 Å². The van der Waals surface area contributed by atoms with Crippen molar-refractivity contribution in [2.24, 2.45) is 16.7 Å². The van der Waals surface area contributed by atoms with Gasteiger partial charge in [-0.1, -0.05) is 68.4 Å². The monoisotopic (exact) mass is 488 g/mol. The van der Waals surface area contributed by atoms with Gasteiger partial charge in [-0.3, -0.25) is 9.59 Å². The molecule has 0 amide bonds. The highest BCUT2D eigenvalue weighted by atomic mass is 32.3. The Kier molecular flexibility index (Phi) is 6.13. The van der Waals surface area contributed by atoms with Crippen molar-refractivity contribution in [2.45, 2.75) is 38.9 Å². The zero-order valence-corrected chi connectivity index (χ0v) is 21.3. The first kappa shape index (κ1) is 24.2. The molecule has 178 valence electrons. The molecular weight excluding hydrogens is 456 g/mol.